The summed E-state index contributed by atoms with van der Waals surface area (Å²) in [5.74, 6) is 0.230. The molecule has 0 saturated carbocycles. The Kier molecular flexibility index (Phi) is 9.19. The van der Waals surface area contributed by atoms with Crippen molar-refractivity contribution in [1.82, 2.24) is 19.6 Å². The van der Waals surface area contributed by atoms with E-state index in [1.165, 1.54) is 9.80 Å². The molecule has 1 aromatic rings. The molecule has 0 radical (unpaired) electrons. The third kappa shape index (κ3) is 7.85. The van der Waals surface area contributed by atoms with Gasteiger partial charge in [0.1, 0.15) is 5.75 Å². The summed E-state index contributed by atoms with van der Waals surface area (Å²) >= 11 is 0. The highest BCUT2D eigenvalue weighted by Crippen LogP contribution is 2.17. The van der Waals surface area contributed by atoms with E-state index in [0.29, 0.717) is 32.5 Å². The van der Waals surface area contributed by atoms with Gasteiger partial charge in [-0.1, -0.05) is 18.2 Å². The lowest BCUT2D eigenvalue weighted by Crippen LogP contribution is -2.49. The molecule has 2 rings (SSSR count). The first-order chi connectivity index (χ1) is 14.8. The van der Waals surface area contributed by atoms with Crippen LogP contribution >= 0.6 is 0 Å². The molecule has 0 spiro atoms. The molecule has 31 heavy (non-hydrogen) atoms. The van der Waals surface area contributed by atoms with Crippen molar-refractivity contribution in [3.63, 3.8) is 0 Å². The largest absolute Gasteiger partial charge is 0.508 e. The molecule has 0 aromatic heterocycles. The van der Waals surface area contributed by atoms with Crippen LogP contribution < -0.4 is 0 Å². The molecule has 0 bridgehead atoms. The van der Waals surface area contributed by atoms with E-state index >= 15 is 0 Å². The highest BCUT2D eigenvalue weighted by atomic mass is 16.4. The van der Waals surface area contributed by atoms with Gasteiger partial charge in [0.05, 0.1) is 0 Å². The molecule has 3 amide bonds. The van der Waals surface area contributed by atoms with Crippen molar-refractivity contribution >= 4 is 18.3 Å². The minimum absolute atomic E-state index is 0.0143. The molecule has 1 heterocycles. The lowest BCUT2D eigenvalue weighted by Gasteiger charge is -2.32. The van der Waals surface area contributed by atoms with Gasteiger partial charge in [0.25, 0.3) is 0 Å². The number of aromatic hydroxyl groups is 1. The summed E-state index contributed by atoms with van der Waals surface area (Å²) < 4.78 is 0. The predicted molar refractivity (Wildman–Crippen MR) is 112 cm³/mol. The number of phenols is 1. The number of hydrogen-bond acceptors (Lipinski definition) is 5. The SMILES string of the molecule is O=C(O)N1CCN(CCCc2ccccc2O)CCN(C(=O)O)CCN(C(=O)O)CC1. The lowest BCUT2D eigenvalue weighted by atomic mass is 10.1. The number of carboxylic acid groups (broad SMARTS) is 3. The first-order valence-corrected chi connectivity index (χ1v) is 10.2. The quantitative estimate of drug-likeness (QED) is 0.554. The van der Waals surface area contributed by atoms with E-state index < -0.39 is 18.3 Å². The van der Waals surface area contributed by atoms with Crippen molar-refractivity contribution in [1.29, 1.82) is 0 Å². The number of amides is 3. The van der Waals surface area contributed by atoms with E-state index in [9.17, 15) is 34.8 Å². The van der Waals surface area contributed by atoms with Crippen LogP contribution in [-0.4, -0.2) is 117 Å². The Labute approximate surface area is 180 Å². The Morgan fingerprint density at radius 1 is 0.710 bits per heavy atom. The van der Waals surface area contributed by atoms with Gasteiger partial charge in [-0.05, 0) is 31.0 Å². The first kappa shape index (κ1) is 24.1. The van der Waals surface area contributed by atoms with Crippen molar-refractivity contribution in [3.8, 4) is 5.75 Å². The molecule has 0 aliphatic carbocycles. The highest BCUT2D eigenvalue weighted by Gasteiger charge is 2.22. The normalized spacial score (nSPS) is 17.0. The van der Waals surface area contributed by atoms with E-state index in [-0.39, 0.29) is 45.0 Å². The minimum atomic E-state index is -1.21. The summed E-state index contributed by atoms with van der Waals surface area (Å²) in [5.41, 5.74) is 0.824. The molecule has 1 aliphatic heterocycles. The maximum Gasteiger partial charge on any atom is 0.407 e. The second-order valence-electron chi connectivity index (χ2n) is 7.38. The van der Waals surface area contributed by atoms with Gasteiger partial charge in [0, 0.05) is 52.4 Å². The molecule has 1 fully saturated rings. The Bertz CT molecular complexity index is 731. The zero-order chi connectivity index (χ0) is 22.8. The Morgan fingerprint density at radius 3 is 1.55 bits per heavy atom. The second kappa shape index (κ2) is 11.8. The van der Waals surface area contributed by atoms with Crippen molar-refractivity contribution in [2.24, 2.45) is 0 Å². The van der Waals surface area contributed by atoms with Crippen molar-refractivity contribution in [2.75, 3.05) is 58.9 Å². The lowest BCUT2D eigenvalue weighted by molar-refractivity contribution is 0.0984. The number of para-hydroxylation sites is 1. The third-order valence-corrected chi connectivity index (χ3v) is 5.38. The monoisotopic (exact) mass is 438 g/mol. The fraction of sp³-hybridized carbons (Fsp3) is 0.550. The number of nitrogens with zero attached hydrogens (tertiary/aromatic N) is 4. The number of benzene rings is 1. The summed E-state index contributed by atoms with van der Waals surface area (Å²) in [4.78, 5) is 39.9. The van der Waals surface area contributed by atoms with Crippen LogP contribution in [0.3, 0.4) is 0 Å². The van der Waals surface area contributed by atoms with Gasteiger partial charge in [-0.2, -0.15) is 0 Å². The van der Waals surface area contributed by atoms with Gasteiger partial charge >= 0.3 is 18.3 Å². The van der Waals surface area contributed by atoms with E-state index in [1.807, 2.05) is 17.0 Å². The molecule has 172 valence electrons. The summed E-state index contributed by atoms with van der Waals surface area (Å²) in [6.07, 6.45) is -2.10. The fourth-order valence-corrected chi connectivity index (χ4v) is 3.47. The zero-order valence-electron chi connectivity index (χ0n) is 17.4. The van der Waals surface area contributed by atoms with Gasteiger partial charge in [0.15, 0.2) is 0 Å². The van der Waals surface area contributed by atoms with Crippen LogP contribution in [0.4, 0.5) is 14.4 Å². The predicted octanol–water partition coefficient (Wildman–Crippen LogP) is 1.58. The Morgan fingerprint density at radius 2 is 1.13 bits per heavy atom. The number of carbonyl (C=O) groups is 3. The summed E-state index contributed by atoms with van der Waals surface area (Å²) in [7, 11) is 0. The smallest absolute Gasteiger partial charge is 0.407 e. The molecular weight excluding hydrogens is 408 g/mol. The van der Waals surface area contributed by atoms with Crippen LogP contribution in [0.5, 0.6) is 5.75 Å². The summed E-state index contributed by atoms with van der Waals surface area (Å²) in [6, 6.07) is 7.07. The zero-order valence-corrected chi connectivity index (χ0v) is 17.4. The second-order valence-corrected chi connectivity index (χ2v) is 7.38. The van der Waals surface area contributed by atoms with Crippen LogP contribution in [0.1, 0.15) is 12.0 Å². The van der Waals surface area contributed by atoms with E-state index in [2.05, 4.69) is 0 Å². The van der Waals surface area contributed by atoms with Crippen LogP contribution in [0.2, 0.25) is 0 Å². The van der Waals surface area contributed by atoms with Crippen LogP contribution in [0, 0.1) is 0 Å². The number of rotatable bonds is 4. The molecule has 4 N–H and O–H groups in total. The van der Waals surface area contributed by atoms with Gasteiger partial charge in [-0.25, -0.2) is 14.4 Å². The van der Waals surface area contributed by atoms with Crippen LogP contribution in [0.25, 0.3) is 0 Å². The van der Waals surface area contributed by atoms with Crippen molar-refractivity contribution in [2.45, 2.75) is 12.8 Å². The van der Waals surface area contributed by atoms with Gasteiger partial charge in [0.2, 0.25) is 0 Å². The summed E-state index contributed by atoms with van der Waals surface area (Å²) in [5, 5.41) is 38.1. The molecule has 1 aromatic carbocycles. The maximum atomic E-state index is 11.6. The Hall–Kier alpha value is -3.21. The standard InChI is InChI=1S/C20H30N4O7/c25-17-6-2-1-4-16(17)5-3-7-21-8-10-22(18(26)27)12-14-24(20(30)31)15-13-23(11-9-21)19(28)29/h1-2,4,6,25H,3,5,7-15H2,(H,26,27)(H,28,29)(H,30,31). The first-order valence-electron chi connectivity index (χ1n) is 10.2. The molecule has 11 nitrogen and oxygen atoms in total. The number of phenolic OH excluding ortho intramolecular Hbond substituents is 1. The molecule has 11 heteroatoms. The number of hydrogen-bond donors (Lipinski definition) is 4. The third-order valence-electron chi connectivity index (χ3n) is 5.38. The van der Waals surface area contributed by atoms with Crippen molar-refractivity contribution < 1.29 is 34.8 Å². The van der Waals surface area contributed by atoms with Crippen LogP contribution in [0.15, 0.2) is 24.3 Å². The fourth-order valence-electron chi connectivity index (χ4n) is 3.47. The van der Waals surface area contributed by atoms with Crippen molar-refractivity contribution in [3.05, 3.63) is 29.8 Å². The highest BCUT2D eigenvalue weighted by molar-refractivity contribution is 5.67. The topological polar surface area (TPSA) is 145 Å². The maximum absolute atomic E-state index is 11.6. The van der Waals surface area contributed by atoms with Gasteiger partial charge in [-0.3, -0.25) is 4.90 Å². The van der Waals surface area contributed by atoms with Crippen LogP contribution in [-0.2, 0) is 6.42 Å². The van der Waals surface area contributed by atoms with E-state index in [4.69, 9.17) is 0 Å². The molecule has 1 saturated heterocycles. The number of aryl methyl sites for hydroxylation is 1. The Balaban J connectivity index is 2.04. The van der Waals surface area contributed by atoms with E-state index in [0.717, 1.165) is 10.5 Å². The average molecular weight is 438 g/mol. The molecular formula is C20H30N4O7. The summed E-state index contributed by atoms with van der Waals surface area (Å²) in [6.45, 7) is 1.75. The van der Waals surface area contributed by atoms with Gasteiger partial charge in [-0.15, -0.1) is 0 Å². The average Bonchev–Trinajstić information content (AvgIpc) is 2.70. The molecule has 1 aliphatic rings. The van der Waals surface area contributed by atoms with E-state index in [1.54, 1.807) is 12.1 Å². The van der Waals surface area contributed by atoms with Gasteiger partial charge < -0.3 is 35.1 Å². The molecule has 0 unspecified atom stereocenters. The minimum Gasteiger partial charge on any atom is -0.508 e. The molecule has 0 atom stereocenters.